The Morgan fingerprint density at radius 2 is 2.33 bits per heavy atom. The normalized spacial score (nSPS) is 11.2. The number of nitrogens with two attached hydrogens (primary N) is 1. The third-order valence-electron chi connectivity index (χ3n) is 2.49. The second-order valence-corrected chi connectivity index (χ2v) is 5.49. The number of halogens is 1. The molecule has 3 aromatic rings. The van der Waals surface area contributed by atoms with Gasteiger partial charge in [0, 0.05) is 6.54 Å². The molecule has 0 aliphatic rings. The predicted octanol–water partition coefficient (Wildman–Crippen LogP) is 2.47. The van der Waals surface area contributed by atoms with E-state index >= 15 is 0 Å². The van der Waals surface area contributed by atoms with Gasteiger partial charge in [-0.3, -0.25) is 4.98 Å². The average Bonchev–Trinajstić information content (AvgIpc) is 2.89. The highest BCUT2D eigenvalue weighted by atomic mass is 79.9. The molecule has 0 amide bonds. The maximum absolute atomic E-state index is 11.1. The Labute approximate surface area is 114 Å². The van der Waals surface area contributed by atoms with Crippen LogP contribution in [0.2, 0.25) is 0 Å². The Kier molecular flexibility index (Phi) is 2.81. The Morgan fingerprint density at radius 1 is 1.50 bits per heavy atom. The van der Waals surface area contributed by atoms with Crippen molar-refractivity contribution in [2.75, 3.05) is 0 Å². The lowest BCUT2D eigenvalue weighted by molar-refractivity contribution is 0.555. The summed E-state index contributed by atoms with van der Waals surface area (Å²) in [7, 11) is 0. The van der Waals surface area contributed by atoms with Crippen LogP contribution < -0.4 is 11.5 Å². The molecular weight excluding hydrogens is 318 g/mol. The Morgan fingerprint density at radius 3 is 3.06 bits per heavy atom. The maximum atomic E-state index is 11.1. The molecule has 0 fully saturated rings. The molecule has 0 radical (unpaired) electrons. The molecule has 18 heavy (non-hydrogen) atoms. The van der Waals surface area contributed by atoms with Crippen LogP contribution in [-0.4, -0.2) is 9.97 Å². The summed E-state index contributed by atoms with van der Waals surface area (Å²) in [5.41, 5.74) is 7.72. The number of fused-ring (bicyclic) bond motifs is 1. The molecule has 92 valence electrons. The first-order chi connectivity index (χ1) is 8.67. The summed E-state index contributed by atoms with van der Waals surface area (Å²) in [6, 6.07) is 5.53. The van der Waals surface area contributed by atoms with Crippen LogP contribution in [0.1, 0.15) is 5.01 Å². The van der Waals surface area contributed by atoms with E-state index in [-0.39, 0.29) is 0 Å². The number of benzene rings is 1. The Bertz CT molecular complexity index is 774. The smallest absolute Gasteiger partial charge is 0.408 e. The van der Waals surface area contributed by atoms with Crippen molar-refractivity contribution in [2.45, 2.75) is 6.54 Å². The first kappa shape index (κ1) is 11.6. The van der Waals surface area contributed by atoms with Crippen LogP contribution >= 0.6 is 27.3 Å². The zero-order chi connectivity index (χ0) is 12.7. The zero-order valence-corrected chi connectivity index (χ0v) is 11.5. The van der Waals surface area contributed by atoms with E-state index in [4.69, 9.17) is 10.2 Å². The molecule has 5 nitrogen and oxygen atoms in total. The van der Waals surface area contributed by atoms with E-state index in [1.807, 2.05) is 18.2 Å². The van der Waals surface area contributed by atoms with Gasteiger partial charge in [0.2, 0.25) is 0 Å². The summed E-state index contributed by atoms with van der Waals surface area (Å²) in [6.07, 6.45) is 0. The van der Waals surface area contributed by atoms with Gasteiger partial charge in [0.1, 0.15) is 9.61 Å². The fraction of sp³-hybridized carbons (Fsp3) is 0.0909. The van der Waals surface area contributed by atoms with Gasteiger partial charge in [0.25, 0.3) is 0 Å². The van der Waals surface area contributed by atoms with Crippen molar-refractivity contribution in [3.8, 4) is 10.4 Å². The quantitative estimate of drug-likeness (QED) is 0.757. The Balaban J connectivity index is 2.18. The predicted molar refractivity (Wildman–Crippen MR) is 73.5 cm³/mol. The number of aromatic nitrogens is 2. The van der Waals surface area contributed by atoms with E-state index in [2.05, 4.69) is 25.9 Å². The summed E-state index contributed by atoms with van der Waals surface area (Å²) in [5.74, 6) is -0.451. The second-order valence-electron chi connectivity index (χ2n) is 3.66. The van der Waals surface area contributed by atoms with Gasteiger partial charge in [-0.05, 0) is 33.6 Å². The summed E-state index contributed by atoms with van der Waals surface area (Å²) in [6.45, 7) is 0.407. The number of aromatic amines is 1. The molecule has 2 aromatic heterocycles. The minimum atomic E-state index is -0.451. The largest absolute Gasteiger partial charge is 0.417 e. The van der Waals surface area contributed by atoms with Crippen LogP contribution in [0, 0.1) is 0 Å². The SMILES string of the molecule is NCc1nc(Br)c(-c2ccc3[nH]c(=O)oc3c2)s1. The highest BCUT2D eigenvalue weighted by Gasteiger charge is 2.11. The minimum absolute atomic E-state index is 0.407. The highest BCUT2D eigenvalue weighted by Crippen LogP contribution is 2.34. The lowest BCUT2D eigenvalue weighted by Gasteiger charge is -1.96. The van der Waals surface area contributed by atoms with Crippen molar-refractivity contribution in [1.82, 2.24) is 9.97 Å². The fourth-order valence-electron chi connectivity index (χ4n) is 1.69. The van der Waals surface area contributed by atoms with Crippen LogP contribution in [0.3, 0.4) is 0 Å². The molecule has 0 spiro atoms. The lowest BCUT2D eigenvalue weighted by atomic mass is 10.2. The van der Waals surface area contributed by atoms with Gasteiger partial charge in [-0.2, -0.15) is 0 Å². The topological polar surface area (TPSA) is 84.9 Å². The fourth-order valence-corrected chi connectivity index (χ4v) is 3.33. The number of hydrogen-bond acceptors (Lipinski definition) is 5. The third kappa shape index (κ3) is 1.90. The molecular formula is C11H8BrN3O2S. The maximum Gasteiger partial charge on any atom is 0.417 e. The standard InChI is InChI=1S/C11H8BrN3O2S/c12-10-9(18-8(4-13)15-10)5-1-2-6-7(3-5)17-11(16)14-6/h1-3H,4,13H2,(H,14,16). The summed E-state index contributed by atoms with van der Waals surface area (Å²) in [4.78, 5) is 19.0. The van der Waals surface area contributed by atoms with Crippen LogP contribution in [0.5, 0.6) is 0 Å². The molecule has 0 atom stereocenters. The molecule has 3 rings (SSSR count). The molecule has 7 heteroatoms. The molecule has 0 saturated carbocycles. The van der Waals surface area contributed by atoms with Gasteiger partial charge in [0.05, 0.1) is 10.4 Å². The van der Waals surface area contributed by atoms with Crippen molar-refractivity contribution in [3.05, 3.63) is 38.4 Å². The number of nitrogens with zero attached hydrogens (tertiary/aromatic N) is 1. The summed E-state index contributed by atoms with van der Waals surface area (Å²) < 4.78 is 5.79. The minimum Gasteiger partial charge on any atom is -0.408 e. The van der Waals surface area contributed by atoms with Gasteiger partial charge >= 0.3 is 5.76 Å². The van der Waals surface area contributed by atoms with E-state index in [0.717, 1.165) is 20.1 Å². The van der Waals surface area contributed by atoms with Crippen molar-refractivity contribution < 1.29 is 4.42 Å². The number of thiazole rings is 1. The van der Waals surface area contributed by atoms with Gasteiger partial charge < -0.3 is 10.2 Å². The van der Waals surface area contributed by atoms with Crippen LogP contribution in [0.4, 0.5) is 0 Å². The highest BCUT2D eigenvalue weighted by molar-refractivity contribution is 9.10. The number of nitrogens with one attached hydrogen (secondary N) is 1. The van der Waals surface area contributed by atoms with Gasteiger partial charge in [-0.15, -0.1) is 11.3 Å². The lowest BCUT2D eigenvalue weighted by Crippen LogP contribution is -1.93. The first-order valence-electron chi connectivity index (χ1n) is 5.16. The third-order valence-corrected chi connectivity index (χ3v) is 4.45. The molecule has 3 N–H and O–H groups in total. The summed E-state index contributed by atoms with van der Waals surface area (Å²) >= 11 is 4.92. The molecule has 0 unspecified atom stereocenters. The van der Waals surface area contributed by atoms with E-state index < -0.39 is 5.76 Å². The van der Waals surface area contributed by atoms with Crippen molar-refractivity contribution >= 4 is 38.4 Å². The number of rotatable bonds is 2. The van der Waals surface area contributed by atoms with Crippen molar-refractivity contribution in [2.24, 2.45) is 5.73 Å². The van der Waals surface area contributed by atoms with E-state index in [1.54, 1.807) is 0 Å². The van der Waals surface area contributed by atoms with E-state index in [0.29, 0.717) is 17.6 Å². The second kappa shape index (κ2) is 4.34. The monoisotopic (exact) mass is 325 g/mol. The molecule has 0 aliphatic carbocycles. The van der Waals surface area contributed by atoms with E-state index in [9.17, 15) is 4.79 Å². The van der Waals surface area contributed by atoms with Crippen molar-refractivity contribution in [1.29, 1.82) is 0 Å². The van der Waals surface area contributed by atoms with Crippen LogP contribution in [0.15, 0.2) is 32.0 Å². The first-order valence-corrected chi connectivity index (χ1v) is 6.77. The molecule has 0 aliphatic heterocycles. The van der Waals surface area contributed by atoms with Crippen molar-refractivity contribution in [3.63, 3.8) is 0 Å². The van der Waals surface area contributed by atoms with Crippen LogP contribution in [0.25, 0.3) is 21.5 Å². The number of H-pyrrole nitrogens is 1. The van der Waals surface area contributed by atoms with Gasteiger partial charge in [-0.25, -0.2) is 9.78 Å². The summed E-state index contributed by atoms with van der Waals surface area (Å²) in [5, 5.41) is 0.854. The molecule has 2 heterocycles. The van der Waals surface area contributed by atoms with Gasteiger partial charge in [0.15, 0.2) is 5.58 Å². The van der Waals surface area contributed by atoms with E-state index in [1.165, 1.54) is 11.3 Å². The molecule has 1 aromatic carbocycles. The van der Waals surface area contributed by atoms with Gasteiger partial charge in [-0.1, -0.05) is 6.07 Å². The molecule has 0 bridgehead atoms. The number of oxazole rings is 1. The van der Waals surface area contributed by atoms with Crippen LogP contribution in [-0.2, 0) is 6.54 Å². The Hall–Kier alpha value is -1.44. The molecule has 0 saturated heterocycles. The zero-order valence-electron chi connectivity index (χ0n) is 9.07. The average molecular weight is 326 g/mol. The number of hydrogen-bond donors (Lipinski definition) is 2.